The number of H-pyrrole nitrogens is 1. The minimum Gasteiger partial charge on any atom is -0.247 e. The first kappa shape index (κ1) is 33.2. The van der Waals surface area contributed by atoms with Gasteiger partial charge in [0.1, 0.15) is 12.4 Å². The molecule has 1 atom stereocenters. The van der Waals surface area contributed by atoms with Gasteiger partial charge in [-0.25, -0.2) is 9.55 Å². The number of aryl methyl sites for hydroxylation is 1. The highest BCUT2D eigenvalue weighted by atomic mass is 15.0. The van der Waals surface area contributed by atoms with Gasteiger partial charge in [-0.3, -0.25) is 0 Å². The summed E-state index contributed by atoms with van der Waals surface area (Å²) in [6, 6.07) is 0. The monoisotopic (exact) mass is 504 g/mol. The third-order valence-electron chi connectivity index (χ3n) is 8.36. The summed E-state index contributed by atoms with van der Waals surface area (Å²) in [6.07, 6.45) is 43.1. The van der Waals surface area contributed by atoms with Crippen LogP contribution >= 0.6 is 0 Å². The van der Waals surface area contributed by atoms with Gasteiger partial charge in [0.2, 0.25) is 0 Å². The van der Waals surface area contributed by atoms with E-state index in [1.165, 1.54) is 179 Å². The van der Waals surface area contributed by atoms with Crippen LogP contribution in [-0.4, -0.2) is 4.98 Å². The number of imidazole rings is 1. The van der Waals surface area contributed by atoms with Crippen molar-refractivity contribution in [3.8, 4) is 0 Å². The van der Waals surface area contributed by atoms with Crippen LogP contribution in [-0.2, 0) is 7.05 Å². The second-order valence-electron chi connectivity index (χ2n) is 11.9. The lowest BCUT2D eigenvalue weighted by molar-refractivity contribution is -0.679. The molecular weight excluding hydrogens is 436 g/mol. The fraction of sp³-hybridized carbons (Fsp3) is 0.912. The van der Waals surface area contributed by atoms with Crippen molar-refractivity contribution in [1.29, 1.82) is 0 Å². The maximum Gasteiger partial charge on any atom is 0.257 e. The van der Waals surface area contributed by atoms with Crippen LogP contribution in [0.2, 0.25) is 0 Å². The molecule has 36 heavy (non-hydrogen) atoms. The predicted molar refractivity (Wildman–Crippen MR) is 161 cm³/mol. The fourth-order valence-electron chi connectivity index (χ4n) is 5.88. The fourth-order valence-corrected chi connectivity index (χ4v) is 5.88. The highest BCUT2D eigenvalue weighted by Gasteiger charge is 2.20. The molecule has 1 N–H and O–H groups in total. The molecule has 0 amide bonds. The van der Waals surface area contributed by atoms with Crippen molar-refractivity contribution in [1.82, 2.24) is 4.98 Å². The minimum absolute atomic E-state index is 0.723. The molecule has 1 aromatic rings. The summed E-state index contributed by atoms with van der Waals surface area (Å²) in [4.78, 5) is 3.55. The van der Waals surface area contributed by atoms with E-state index in [-0.39, 0.29) is 0 Å². The molecular formula is C34H67N2+. The Morgan fingerprint density at radius 1 is 0.500 bits per heavy atom. The summed E-state index contributed by atoms with van der Waals surface area (Å²) >= 11 is 0. The summed E-state index contributed by atoms with van der Waals surface area (Å²) in [5, 5.41) is 0. The summed E-state index contributed by atoms with van der Waals surface area (Å²) in [6.45, 7) is 4.61. The maximum absolute atomic E-state index is 3.55. The lowest BCUT2D eigenvalue weighted by Crippen LogP contribution is -2.32. The molecule has 0 aromatic carbocycles. The molecule has 0 bridgehead atoms. The Morgan fingerprint density at radius 3 is 1.08 bits per heavy atom. The first-order chi connectivity index (χ1) is 17.8. The third kappa shape index (κ3) is 19.3. The van der Waals surface area contributed by atoms with Crippen LogP contribution in [0.3, 0.4) is 0 Å². The van der Waals surface area contributed by atoms with Crippen LogP contribution in [0.25, 0.3) is 0 Å². The van der Waals surface area contributed by atoms with Crippen molar-refractivity contribution in [3.05, 3.63) is 18.2 Å². The lowest BCUT2D eigenvalue weighted by atomic mass is 9.93. The molecule has 1 heterocycles. The number of nitrogens with one attached hydrogen (secondary N) is 1. The average molecular weight is 504 g/mol. The first-order valence-corrected chi connectivity index (χ1v) is 16.8. The number of aromatic amines is 1. The van der Waals surface area contributed by atoms with Crippen LogP contribution in [0.4, 0.5) is 0 Å². The first-order valence-electron chi connectivity index (χ1n) is 16.8. The number of rotatable bonds is 28. The highest BCUT2D eigenvalue weighted by Crippen LogP contribution is 2.26. The lowest BCUT2D eigenvalue weighted by Gasteiger charge is -2.13. The zero-order valence-corrected chi connectivity index (χ0v) is 25.3. The molecule has 0 saturated carbocycles. The summed E-state index contributed by atoms with van der Waals surface area (Å²) in [5.74, 6) is 2.18. The van der Waals surface area contributed by atoms with E-state index < -0.39 is 0 Å². The Hall–Kier alpha value is -0.790. The zero-order valence-electron chi connectivity index (χ0n) is 25.3. The second-order valence-corrected chi connectivity index (χ2v) is 11.9. The van der Waals surface area contributed by atoms with E-state index >= 15 is 0 Å². The van der Waals surface area contributed by atoms with Gasteiger partial charge in [-0.1, -0.05) is 174 Å². The second kappa shape index (κ2) is 25.8. The molecule has 0 radical (unpaired) electrons. The van der Waals surface area contributed by atoms with E-state index in [1.807, 2.05) is 0 Å². The van der Waals surface area contributed by atoms with Crippen molar-refractivity contribution >= 4 is 0 Å². The summed E-state index contributed by atoms with van der Waals surface area (Å²) < 4.78 is 2.32. The van der Waals surface area contributed by atoms with Crippen LogP contribution in [0, 0.1) is 0 Å². The smallest absolute Gasteiger partial charge is 0.247 e. The third-order valence-corrected chi connectivity index (χ3v) is 8.36. The summed E-state index contributed by atoms with van der Waals surface area (Å²) in [5.41, 5.74) is 0. The van der Waals surface area contributed by atoms with E-state index in [0.717, 1.165) is 5.92 Å². The van der Waals surface area contributed by atoms with Crippen molar-refractivity contribution in [2.75, 3.05) is 0 Å². The van der Waals surface area contributed by atoms with Crippen molar-refractivity contribution in [2.45, 2.75) is 193 Å². The molecule has 0 spiro atoms. The van der Waals surface area contributed by atoms with Crippen molar-refractivity contribution in [3.63, 3.8) is 0 Å². The minimum atomic E-state index is 0.723. The van der Waals surface area contributed by atoms with Crippen LogP contribution in [0.5, 0.6) is 0 Å². The molecule has 0 aliphatic heterocycles. The van der Waals surface area contributed by atoms with E-state index in [4.69, 9.17) is 0 Å². The van der Waals surface area contributed by atoms with Gasteiger partial charge in [0, 0.05) is 0 Å². The predicted octanol–water partition coefficient (Wildman–Crippen LogP) is 11.5. The quantitative estimate of drug-likeness (QED) is 0.0866. The van der Waals surface area contributed by atoms with Crippen molar-refractivity contribution < 1.29 is 4.57 Å². The molecule has 1 rings (SSSR count). The Kier molecular flexibility index (Phi) is 23.9. The van der Waals surface area contributed by atoms with E-state index in [0.29, 0.717) is 0 Å². The van der Waals surface area contributed by atoms with Gasteiger partial charge in [0.25, 0.3) is 5.82 Å². The van der Waals surface area contributed by atoms with Gasteiger partial charge in [0.05, 0.1) is 13.0 Å². The van der Waals surface area contributed by atoms with Gasteiger partial charge >= 0.3 is 0 Å². The van der Waals surface area contributed by atoms with Gasteiger partial charge in [-0.05, 0) is 12.8 Å². The van der Waals surface area contributed by atoms with E-state index in [9.17, 15) is 0 Å². The van der Waals surface area contributed by atoms with Gasteiger partial charge in [0.15, 0.2) is 0 Å². The SMILES string of the molecule is CCCCCCCCCCCCCCCCCC[C@H](CCCCCCCCCCC)c1[nH]cc[n+]1C. The summed E-state index contributed by atoms with van der Waals surface area (Å²) in [7, 11) is 2.21. The Labute approximate surface area is 227 Å². The normalized spacial score (nSPS) is 12.4. The molecule has 2 nitrogen and oxygen atoms in total. The molecule has 2 heteroatoms. The molecule has 0 aliphatic rings. The molecule has 0 aliphatic carbocycles. The molecule has 212 valence electrons. The number of nitrogens with zero attached hydrogens (tertiary/aromatic N) is 1. The topological polar surface area (TPSA) is 19.7 Å². The Morgan fingerprint density at radius 2 is 0.806 bits per heavy atom. The number of hydrogen-bond acceptors (Lipinski definition) is 0. The van der Waals surface area contributed by atoms with Gasteiger partial charge in [-0.15, -0.1) is 0 Å². The number of hydrogen-bond donors (Lipinski definition) is 1. The van der Waals surface area contributed by atoms with E-state index in [2.05, 4.69) is 42.8 Å². The van der Waals surface area contributed by atoms with Gasteiger partial charge in [-0.2, -0.15) is 0 Å². The van der Waals surface area contributed by atoms with Crippen molar-refractivity contribution in [2.24, 2.45) is 7.05 Å². The number of unbranched alkanes of at least 4 members (excludes halogenated alkanes) is 23. The van der Waals surface area contributed by atoms with Gasteiger partial charge < -0.3 is 0 Å². The largest absolute Gasteiger partial charge is 0.257 e. The Balaban J connectivity index is 2.00. The van der Waals surface area contributed by atoms with E-state index in [1.54, 1.807) is 0 Å². The zero-order chi connectivity index (χ0) is 25.9. The average Bonchev–Trinajstić information content (AvgIpc) is 3.31. The molecule has 0 saturated heterocycles. The standard InChI is InChI=1S/C34H66N2/c1-4-6-8-10-12-14-15-16-17-18-19-20-22-24-26-28-30-33(34-35-31-32-36(34)3)29-27-25-23-21-13-11-9-7-5-2/h31-33H,4-30H2,1-3H3/p+1/t33-/m0/s1. The molecule has 1 aromatic heterocycles. The number of aromatic nitrogens is 2. The highest BCUT2D eigenvalue weighted by molar-refractivity contribution is 4.89. The van der Waals surface area contributed by atoms with Crippen LogP contribution in [0.15, 0.2) is 12.4 Å². The van der Waals surface area contributed by atoms with Crippen LogP contribution < -0.4 is 4.57 Å². The molecule has 0 unspecified atom stereocenters. The van der Waals surface area contributed by atoms with Crippen LogP contribution in [0.1, 0.15) is 199 Å². The Bertz CT molecular complexity index is 549. The maximum atomic E-state index is 3.55. The molecule has 0 fully saturated rings.